The molecule has 0 radical (unpaired) electrons. The molecule has 1 saturated heterocycles. The van der Waals surface area contributed by atoms with Crippen LogP contribution in [0.15, 0.2) is 30.9 Å². The number of fused-ring (bicyclic) bond motifs is 1. The van der Waals surface area contributed by atoms with E-state index in [4.69, 9.17) is 0 Å². The number of hydrogen-bond donors (Lipinski definition) is 1. The van der Waals surface area contributed by atoms with Gasteiger partial charge in [-0.3, -0.25) is 9.58 Å². The Labute approximate surface area is 133 Å². The molecule has 1 fully saturated rings. The van der Waals surface area contributed by atoms with Crippen molar-refractivity contribution in [3.05, 3.63) is 42.5 Å². The average Bonchev–Trinajstić information content (AvgIpc) is 3.19. The minimum atomic E-state index is -0.275. The standard InChI is InChI=1S/C16H19FN6/c17-13-5-3-6-14-16(13)21-15(20-14)9-22-7-2-1-4-12(22)8-23-11-18-10-19-23/h3,5-6,10-12H,1-2,4,7-9H2,(H,20,21). The topological polar surface area (TPSA) is 62.6 Å². The zero-order chi connectivity index (χ0) is 15.6. The number of H-pyrrole nitrogens is 1. The lowest BCUT2D eigenvalue weighted by atomic mass is 10.0. The first-order valence-corrected chi connectivity index (χ1v) is 7.99. The van der Waals surface area contributed by atoms with Crippen LogP contribution in [0.25, 0.3) is 11.0 Å². The molecule has 3 aromatic rings. The van der Waals surface area contributed by atoms with Crippen molar-refractivity contribution >= 4 is 11.0 Å². The maximum Gasteiger partial charge on any atom is 0.151 e. The van der Waals surface area contributed by atoms with E-state index in [1.54, 1.807) is 18.7 Å². The van der Waals surface area contributed by atoms with Crippen molar-refractivity contribution in [2.24, 2.45) is 0 Å². The number of benzene rings is 1. The smallest absolute Gasteiger partial charge is 0.151 e. The molecule has 4 rings (SSSR count). The van der Waals surface area contributed by atoms with E-state index in [0.717, 1.165) is 30.9 Å². The Morgan fingerprint density at radius 2 is 2.26 bits per heavy atom. The van der Waals surface area contributed by atoms with Gasteiger partial charge in [-0.15, -0.1) is 0 Å². The Hall–Kier alpha value is -2.28. The minimum Gasteiger partial charge on any atom is -0.341 e. The van der Waals surface area contributed by atoms with Crippen LogP contribution in [0, 0.1) is 5.82 Å². The molecule has 0 aliphatic carbocycles. The van der Waals surface area contributed by atoms with Gasteiger partial charge >= 0.3 is 0 Å². The lowest BCUT2D eigenvalue weighted by Gasteiger charge is -2.34. The number of para-hydroxylation sites is 1. The molecule has 7 heteroatoms. The lowest BCUT2D eigenvalue weighted by molar-refractivity contribution is 0.119. The van der Waals surface area contributed by atoms with Crippen LogP contribution in [0.2, 0.25) is 0 Å². The summed E-state index contributed by atoms with van der Waals surface area (Å²) in [5.41, 5.74) is 1.18. The summed E-state index contributed by atoms with van der Waals surface area (Å²) in [4.78, 5) is 14.1. The van der Waals surface area contributed by atoms with Gasteiger partial charge in [0.15, 0.2) is 5.82 Å². The van der Waals surface area contributed by atoms with Crippen LogP contribution in [0.1, 0.15) is 25.1 Å². The summed E-state index contributed by atoms with van der Waals surface area (Å²) in [5, 5.41) is 4.20. The second-order valence-electron chi connectivity index (χ2n) is 6.06. The molecule has 0 saturated carbocycles. The summed E-state index contributed by atoms with van der Waals surface area (Å²) >= 11 is 0. The van der Waals surface area contributed by atoms with Gasteiger partial charge in [-0.05, 0) is 31.5 Å². The van der Waals surface area contributed by atoms with Gasteiger partial charge in [0, 0.05) is 6.04 Å². The predicted octanol–water partition coefficient (Wildman–Crippen LogP) is 2.35. The van der Waals surface area contributed by atoms with Crippen LogP contribution in [0.5, 0.6) is 0 Å². The van der Waals surface area contributed by atoms with E-state index in [0.29, 0.717) is 18.1 Å². The first-order chi connectivity index (χ1) is 11.3. The largest absolute Gasteiger partial charge is 0.341 e. The number of imidazole rings is 1. The molecule has 1 aliphatic rings. The minimum absolute atomic E-state index is 0.275. The third kappa shape index (κ3) is 2.96. The molecule has 1 N–H and O–H groups in total. The summed E-state index contributed by atoms with van der Waals surface area (Å²) in [7, 11) is 0. The number of hydrogen-bond acceptors (Lipinski definition) is 4. The molecule has 6 nitrogen and oxygen atoms in total. The zero-order valence-corrected chi connectivity index (χ0v) is 12.8. The molecular weight excluding hydrogens is 295 g/mol. The van der Waals surface area contributed by atoms with Gasteiger partial charge in [0.05, 0.1) is 18.6 Å². The van der Waals surface area contributed by atoms with Gasteiger partial charge in [0.2, 0.25) is 0 Å². The predicted molar refractivity (Wildman–Crippen MR) is 84.1 cm³/mol. The monoisotopic (exact) mass is 314 g/mol. The van der Waals surface area contributed by atoms with Crippen LogP contribution < -0.4 is 0 Å². The fraction of sp³-hybridized carbons (Fsp3) is 0.438. The van der Waals surface area contributed by atoms with E-state index in [1.807, 2.05) is 10.7 Å². The van der Waals surface area contributed by atoms with Gasteiger partial charge in [-0.25, -0.2) is 14.4 Å². The van der Waals surface area contributed by atoms with Crippen LogP contribution in [-0.4, -0.2) is 42.2 Å². The molecule has 120 valence electrons. The number of nitrogens with zero attached hydrogens (tertiary/aromatic N) is 5. The Morgan fingerprint density at radius 3 is 3.09 bits per heavy atom. The highest BCUT2D eigenvalue weighted by atomic mass is 19.1. The van der Waals surface area contributed by atoms with E-state index >= 15 is 0 Å². The third-order valence-corrected chi connectivity index (χ3v) is 4.48. The number of aromatic amines is 1. The van der Waals surface area contributed by atoms with E-state index < -0.39 is 0 Å². The lowest BCUT2D eigenvalue weighted by Crippen LogP contribution is -2.41. The van der Waals surface area contributed by atoms with E-state index in [-0.39, 0.29) is 5.82 Å². The molecule has 1 unspecified atom stereocenters. The van der Waals surface area contributed by atoms with E-state index in [9.17, 15) is 4.39 Å². The molecule has 2 aromatic heterocycles. The maximum absolute atomic E-state index is 13.8. The third-order valence-electron chi connectivity index (χ3n) is 4.48. The van der Waals surface area contributed by atoms with Crippen molar-refractivity contribution in [1.29, 1.82) is 0 Å². The Kier molecular flexibility index (Phi) is 3.78. The zero-order valence-electron chi connectivity index (χ0n) is 12.8. The molecular formula is C16H19FN6. The van der Waals surface area contributed by atoms with Crippen LogP contribution in [0.3, 0.4) is 0 Å². The molecule has 0 bridgehead atoms. The molecule has 23 heavy (non-hydrogen) atoms. The maximum atomic E-state index is 13.8. The number of rotatable bonds is 4. The summed E-state index contributed by atoms with van der Waals surface area (Å²) in [6.07, 6.45) is 6.86. The molecule has 1 aromatic carbocycles. The molecule has 0 amide bonds. The normalized spacial score (nSPS) is 19.4. The van der Waals surface area contributed by atoms with Gasteiger partial charge in [-0.2, -0.15) is 5.10 Å². The van der Waals surface area contributed by atoms with Crippen molar-refractivity contribution in [1.82, 2.24) is 29.6 Å². The average molecular weight is 314 g/mol. The highest BCUT2D eigenvalue weighted by molar-refractivity contribution is 5.75. The second-order valence-corrected chi connectivity index (χ2v) is 6.06. The van der Waals surface area contributed by atoms with Gasteiger partial charge < -0.3 is 4.98 Å². The first-order valence-electron chi connectivity index (χ1n) is 7.99. The highest BCUT2D eigenvalue weighted by Crippen LogP contribution is 2.22. The summed E-state index contributed by atoms with van der Waals surface area (Å²) in [5.74, 6) is 0.540. The van der Waals surface area contributed by atoms with Crippen LogP contribution in [-0.2, 0) is 13.1 Å². The first kappa shape index (κ1) is 14.3. The number of aromatic nitrogens is 5. The Balaban J connectivity index is 1.53. The van der Waals surface area contributed by atoms with Crippen LogP contribution >= 0.6 is 0 Å². The number of halogens is 1. The molecule has 0 spiro atoms. The van der Waals surface area contributed by atoms with Crippen molar-refractivity contribution in [3.8, 4) is 0 Å². The quantitative estimate of drug-likeness (QED) is 0.803. The summed E-state index contributed by atoms with van der Waals surface area (Å²) in [6.45, 7) is 2.56. The highest BCUT2D eigenvalue weighted by Gasteiger charge is 2.24. The summed E-state index contributed by atoms with van der Waals surface area (Å²) in [6, 6.07) is 5.41. The van der Waals surface area contributed by atoms with Gasteiger partial charge in [-0.1, -0.05) is 12.5 Å². The van der Waals surface area contributed by atoms with Crippen molar-refractivity contribution < 1.29 is 4.39 Å². The van der Waals surface area contributed by atoms with Gasteiger partial charge in [0.1, 0.15) is 24.0 Å². The fourth-order valence-corrected chi connectivity index (χ4v) is 3.33. The Morgan fingerprint density at radius 1 is 1.30 bits per heavy atom. The summed E-state index contributed by atoms with van der Waals surface area (Å²) < 4.78 is 15.7. The SMILES string of the molecule is Fc1cccc2[nH]c(CN3CCCCC3Cn3cncn3)nc12. The van der Waals surface area contributed by atoms with Crippen molar-refractivity contribution in [3.63, 3.8) is 0 Å². The molecule has 1 atom stereocenters. The van der Waals surface area contributed by atoms with Gasteiger partial charge in [0.25, 0.3) is 0 Å². The van der Waals surface area contributed by atoms with E-state index in [1.165, 1.54) is 18.9 Å². The number of nitrogens with one attached hydrogen (secondary N) is 1. The van der Waals surface area contributed by atoms with E-state index in [2.05, 4.69) is 25.0 Å². The van der Waals surface area contributed by atoms with Crippen molar-refractivity contribution in [2.45, 2.75) is 38.4 Å². The fourth-order valence-electron chi connectivity index (χ4n) is 3.33. The molecule has 1 aliphatic heterocycles. The number of likely N-dealkylation sites (tertiary alicyclic amines) is 1. The molecule has 3 heterocycles. The van der Waals surface area contributed by atoms with Crippen molar-refractivity contribution in [2.75, 3.05) is 6.54 Å². The number of piperidine rings is 1. The van der Waals surface area contributed by atoms with Crippen LogP contribution in [0.4, 0.5) is 4.39 Å². The second kappa shape index (κ2) is 6.08. The Bertz CT molecular complexity index is 781.